The Hall–Kier alpha value is -0.960. The third-order valence-corrected chi connectivity index (χ3v) is 0.754. The van der Waals surface area contributed by atoms with Crippen LogP contribution in [0.3, 0.4) is 0 Å². The summed E-state index contributed by atoms with van der Waals surface area (Å²) in [6.07, 6.45) is 3.64. The molecule has 0 bridgehead atoms. The van der Waals surface area contributed by atoms with Crippen LogP contribution in [0, 0.1) is 0 Å². The van der Waals surface area contributed by atoms with Crippen molar-refractivity contribution in [3.05, 3.63) is 24.5 Å². The Morgan fingerprint density at radius 2 is 2.00 bits per heavy atom. The molecule has 1 aromatic heterocycles. The lowest BCUT2D eigenvalue weighted by atomic mass is 10.7. The van der Waals surface area contributed by atoms with Crippen LogP contribution in [0.2, 0.25) is 0 Å². The van der Waals surface area contributed by atoms with Crippen molar-refractivity contribution in [1.82, 2.24) is 4.68 Å². The van der Waals surface area contributed by atoms with Crippen LogP contribution in [0.1, 0.15) is 1.43 Å². The molecule has 0 aliphatic heterocycles. The summed E-state index contributed by atoms with van der Waals surface area (Å²) in [5, 5.41) is 0. The van der Waals surface area contributed by atoms with Crippen molar-refractivity contribution in [3.8, 4) is 0 Å². The third-order valence-electron chi connectivity index (χ3n) is 0.754. The quantitative estimate of drug-likeness (QED) is 0.384. The smallest absolute Gasteiger partial charge is 0.262 e. The Kier molecular flexibility index (Phi) is 0.997. The van der Waals surface area contributed by atoms with Crippen LogP contribution in [0.4, 0.5) is 0 Å². The Bertz CT molecular complexity index is 126. The molecule has 7 heavy (non-hydrogen) atoms. The first kappa shape index (κ1) is 4.21. The number of hydrazine groups is 1. The zero-order chi connectivity index (χ0) is 5.11. The van der Waals surface area contributed by atoms with Gasteiger partial charge in [-0.05, 0) is 12.1 Å². The zero-order valence-corrected chi connectivity index (χ0v) is 3.83. The number of nitrogens with zero attached hydrogens (tertiary/aromatic N) is 1. The summed E-state index contributed by atoms with van der Waals surface area (Å²) in [5.74, 6) is 5.01. The molecule has 0 fully saturated rings. The number of nitrogen functional groups attached to an aromatic ring is 1. The van der Waals surface area contributed by atoms with E-state index in [9.17, 15) is 0 Å². The Balaban J connectivity index is 0.000000490. The first-order valence-electron chi connectivity index (χ1n) is 2.03. The monoisotopic (exact) mass is 98.1 g/mol. The summed E-state index contributed by atoms with van der Waals surface area (Å²) in [6, 6.07) is 3.78. The molecule has 0 amide bonds. The molecule has 0 aliphatic carbocycles. The molecule has 1 heterocycles. The lowest BCUT2D eigenvalue weighted by Gasteiger charge is -1.94. The molecule has 38 valence electrons. The van der Waals surface area contributed by atoms with E-state index >= 15 is 0 Å². The minimum absolute atomic E-state index is 0. The van der Waals surface area contributed by atoms with E-state index in [-0.39, 0.29) is 1.43 Å². The van der Waals surface area contributed by atoms with Gasteiger partial charge in [0, 0.05) is 12.4 Å². The van der Waals surface area contributed by atoms with Crippen LogP contribution in [0.15, 0.2) is 24.5 Å². The SMILES string of the molecule is NNn1cccc1.[H+]. The van der Waals surface area contributed by atoms with Crippen molar-refractivity contribution in [2.75, 3.05) is 5.53 Å². The van der Waals surface area contributed by atoms with Crippen molar-refractivity contribution >= 4 is 0 Å². The van der Waals surface area contributed by atoms with E-state index in [1.807, 2.05) is 24.5 Å². The van der Waals surface area contributed by atoms with E-state index in [2.05, 4.69) is 5.53 Å². The van der Waals surface area contributed by atoms with Gasteiger partial charge in [-0.15, -0.1) is 0 Å². The number of nitrogens with one attached hydrogen (secondary N) is 1. The van der Waals surface area contributed by atoms with E-state index in [0.29, 0.717) is 0 Å². The van der Waals surface area contributed by atoms with Gasteiger partial charge in [-0.25, -0.2) is 5.84 Å². The van der Waals surface area contributed by atoms with E-state index in [1.165, 1.54) is 0 Å². The lowest BCUT2D eigenvalue weighted by molar-refractivity contribution is 0.889. The van der Waals surface area contributed by atoms with Crippen molar-refractivity contribution in [1.29, 1.82) is 0 Å². The molecule has 1 aromatic rings. The summed E-state index contributed by atoms with van der Waals surface area (Å²) in [7, 11) is 0. The van der Waals surface area contributed by atoms with Gasteiger partial charge < -0.3 is 0 Å². The van der Waals surface area contributed by atoms with E-state index in [4.69, 9.17) is 5.84 Å². The summed E-state index contributed by atoms with van der Waals surface area (Å²) in [6.45, 7) is 0. The molecule has 0 spiro atoms. The van der Waals surface area contributed by atoms with Crippen LogP contribution in [0.5, 0.6) is 0 Å². The van der Waals surface area contributed by atoms with Gasteiger partial charge in [0.1, 0.15) is 0 Å². The van der Waals surface area contributed by atoms with Gasteiger partial charge in [-0.1, -0.05) is 0 Å². The second-order valence-corrected chi connectivity index (χ2v) is 1.22. The van der Waals surface area contributed by atoms with Gasteiger partial charge >= 0.3 is 1.43 Å². The molecule has 0 saturated carbocycles. The molecule has 3 N–H and O–H groups in total. The van der Waals surface area contributed by atoms with Crippen LogP contribution >= 0.6 is 0 Å². The van der Waals surface area contributed by atoms with Crippen LogP contribution in [-0.2, 0) is 0 Å². The Morgan fingerprint density at radius 3 is 2.29 bits per heavy atom. The van der Waals surface area contributed by atoms with Gasteiger partial charge in [-0.3, -0.25) is 10.2 Å². The molecule has 0 saturated heterocycles. The fourth-order valence-electron chi connectivity index (χ4n) is 0.421. The fraction of sp³-hybridized carbons (Fsp3) is 0. The Morgan fingerprint density at radius 1 is 1.43 bits per heavy atom. The van der Waals surface area contributed by atoms with Crippen LogP contribution < -0.4 is 11.4 Å². The molecule has 3 nitrogen and oxygen atoms in total. The lowest BCUT2D eigenvalue weighted by Crippen LogP contribution is -2.18. The number of nitrogens with two attached hydrogens (primary N) is 1. The molecule has 3 heteroatoms. The van der Waals surface area contributed by atoms with Crippen LogP contribution in [-0.4, -0.2) is 4.68 Å². The van der Waals surface area contributed by atoms with Crippen LogP contribution in [0.25, 0.3) is 0 Å². The molecule has 0 atom stereocenters. The number of aromatic nitrogens is 1. The highest BCUT2D eigenvalue weighted by molar-refractivity contribution is 4.91. The largest absolute Gasteiger partial charge is 1.00 e. The van der Waals surface area contributed by atoms with Gasteiger partial charge in [0.25, 0.3) is 0 Å². The van der Waals surface area contributed by atoms with E-state index in [0.717, 1.165) is 0 Å². The highest BCUT2D eigenvalue weighted by Gasteiger charge is 1.74. The predicted molar refractivity (Wildman–Crippen MR) is 29.1 cm³/mol. The highest BCUT2D eigenvalue weighted by Crippen LogP contribution is 1.80. The average Bonchev–Trinajstić information content (AvgIpc) is 2.14. The molecule has 1 rings (SSSR count). The first-order chi connectivity index (χ1) is 3.43. The van der Waals surface area contributed by atoms with Gasteiger partial charge in [0.2, 0.25) is 0 Å². The third kappa shape index (κ3) is 0.721. The molecule has 0 aromatic carbocycles. The topological polar surface area (TPSA) is 43.0 Å². The average molecular weight is 98.1 g/mol. The molecule has 0 radical (unpaired) electrons. The van der Waals surface area contributed by atoms with Gasteiger partial charge in [0.05, 0.1) is 0 Å². The summed E-state index contributed by atoms with van der Waals surface area (Å²) >= 11 is 0. The molecular formula is C4H8N3+. The minimum atomic E-state index is 0. The fourth-order valence-corrected chi connectivity index (χ4v) is 0.421. The normalized spacial score (nSPS) is 8.71. The van der Waals surface area contributed by atoms with Crippen molar-refractivity contribution in [3.63, 3.8) is 0 Å². The van der Waals surface area contributed by atoms with Crippen molar-refractivity contribution < 1.29 is 1.43 Å². The van der Waals surface area contributed by atoms with Crippen molar-refractivity contribution in [2.45, 2.75) is 0 Å². The summed E-state index contributed by atoms with van der Waals surface area (Å²) in [4.78, 5) is 0. The molecule has 0 aliphatic rings. The number of hydrogen-bond acceptors (Lipinski definition) is 2. The van der Waals surface area contributed by atoms with E-state index < -0.39 is 0 Å². The summed E-state index contributed by atoms with van der Waals surface area (Å²) in [5.41, 5.74) is 2.42. The van der Waals surface area contributed by atoms with Gasteiger partial charge in [-0.2, -0.15) is 0 Å². The number of hydrogen-bond donors (Lipinski definition) is 2. The molecular weight excluding hydrogens is 90.1 g/mol. The standard InChI is InChI=1S/C4H7N3/c5-6-7-3-1-2-4-7/h1-4,6H,5H2/p+1. The molecule has 0 unspecified atom stereocenters. The zero-order valence-electron chi connectivity index (χ0n) is 4.83. The maximum Gasteiger partial charge on any atom is 1.00 e. The minimum Gasteiger partial charge on any atom is -0.262 e. The summed E-state index contributed by atoms with van der Waals surface area (Å²) < 4.78 is 1.65. The van der Waals surface area contributed by atoms with Crippen molar-refractivity contribution in [2.24, 2.45) is 5.84 Å². The highest BCUT2D eigenvalue weighted by atomic mass is 15.5. The van der Waals surface area contributed by atoms with E-state index in [1.54, 1.807) is 4.68 Å². The van der Waals surface area contributed by atoms with Gasteiger partial charge in [0.15, 0.2) is 0 Å². The second kappa shape index (κ2) is 1.66. The maximum absolute atomic E-state index is 5.01. The maximum atomic E-state index is 5.01. The predicted octanol–water partition coefficient (Wildman–Crippen LogP) is 0.0178. The Labute approximate surface area is 43.2 Å². The number of rotatable bonds is 1. The first-order valence-corrected chi connectivity index (χ1v) is 2.03. The second-order valence-electron chi connectivity index (χ2n) is 1.22.